The average Bonchev–Trinajstić information content (AvgIpc) is 1.68. The van der Waals surface area contributed by atoms with Crippen LogP contribution < -0.4 is 9.80 Å². The highest BCUT2D eigenvalue weighted by molar-refractivity contribution is 6.30. The molecule has 12 aromatic carbocycles. The molecule has 1 heterocycles. The van der Waals surface area contributed by atoms with Crippen LogP contribution in [0.5, 0.6) is 5.75 Å². The van der Waals surface area contributed by atoms with Crippen LogP contribution in [0.25, 0.3) is 87.6 Å². The van der Waals surface area contributed by atoms with Crippen LogP contribution >= 0.6 is 0 Å². The number of anilines is 6. The van der Waals surface area contributed by atoms with Crippen molar-refractivity contribution in [2.75, 3.05) is 9.80 Å². The van der Waals surface area contributed by atoms with E-state index in [2.05, 4.69) is 291 Å². The third-order valence-corrected chi connectivity index (χ3v) is 17.7. The first kappa shape index (κ1) is 54.1. The maximum Gasteiger partial charge on any atom is 0.159 e. The number of benzene rings is 12. The summed E-state index contributed by atoms with van der Waals surface area (Å²) in [6.07, 6.45) is 1.78. The van der Waals surface area contributed by atoms with Crippen LogP contribution in [0.3, 0.4) is 0 Å². The summed E-state index contributed by atoms with van der Waals surface area (Å²) >= 11 is 0. The molecule has 0 spiro atoms. The zero-order valence-corrected chi connectivity index (χ0v) is 50.2. The highest BCUT2D eigenvalue weighted by atomic mass is 16.3. The van der Waals surface area contributed by atoms with Gasteiger partial charge in [0.1, 0.15) is 11.3 Å². The van der Waals surface area contributed by atoms with Crippen molar-refractivity contribution in [3.8, 4) is 39.1 Å². The lowest BCUT2D eigenvalue weighted by Crippen LogP contribution is -2.13. The van der Waals surface area contributed by atoms with Gasteiger partial charge in [-0.3, -0.25) is 0 Å². The molecule has 0 bridgehead atoms. The van der Waals surface area contributed by atoms with Gasteiger partial charge in [0.15, 0.2) is 5.58 Å². The summed E-state index contributed by atoms with van der Waals surface area (Å²) in [4.78, 5) is 4.81. The van der Waals surface area contributed by atoms with Gasteiger partial charge in [-0.15, -0.1) is 0 Å². The van der Waals surface area contributed by atoms with E-state index in [-0.39, 0.29) is 17.6 Å². The van der Waals surface area contributed by atoms with Gasteiger partial charge in [0, 0.05) is 44.0 Å². The first-order chi connectivity index (χ1) is 40.8. The lowest BCUT2D eigenvalue weighted by atomic mass is 9.84. The molecule has 0 aliphatic carbocycles. The van der Waals surface area contributed by atoms with Crippen LogP contribution in [0.15, 0.2) is 217 Å². The predicted molar refractivity (Wildman–Crippen MR) is 360 cm³/mol. The van der Waals surface area contributed by atoms with E-state index < -0.39 is 0 Å². The number of nitrogens with zero attached hydrogens (tertiary/aromatic N) is 2. The largest absolute Gasteiger partial charge is 0.505 e. The van der Waals surface area contributed by atoms with Gasteiger partial charge >= 0.3 is 0 Å². The van der Waals surface area contributed by atoms with Crippen molar-refractivity contribution in [1.29, 1.82) is 0 Å². The number of aryl methyl sites for hydroxylation is 2. The van der Waals surface area contributed by atoms with E-state index in [1.807, 2.05) is 0 Å². The minimum atomic E-state index is 0.175. The second kappa shape index (κ2) is 21.9. The van der Waals surface area contributed by atoms with Gasteiger partial charge in [-0.25, -0.2) is 0 Å². The van der Waals surface area contributed by atoms with Crippen LogP contribution in [0.2, 0.25) is 0 Å². The third kappa shape index (κ3) is 9.15. The van der Waals surface area contributed by atoms with Crippen LogP contribution in [0, 0.1) is 0 Å². The van der Waals surface area contributed by atoms with E-state index in [0.29, 0.717) is 11.8 Å². The Morgan fingerprint density at radius 3 is 1.33 bits per heavy atom. The van der Waals surface area contributed by atoms with Crippen LogP contribution in [0.1, 0.15) is 126 Å². The molecule has 0 saturated carbocycles. The fourth-order valence-electron chi connectivity index (χ4n) is 13.5. The van der Waals surface area contributed by atoms with Crippen molar-refractivity contribution in [1.82, 2.24) is 0 Å². The molecule has 1 N–H and O–H groups in total. The van der Waals surface area contributed by atoms with Gasteiger partial charge in [0.25, 0.3) is 0 Å². The number of hydrogen-bond donors (Lipinski definition) is 1. The van der Waals surface area contributed by atoms with Gasteiger partial charge in [-0.1, -0.05) is 227 Å². The molecule has 4 nitrogen and oxygen atoms in total. The number of para-hydroxylation sites is 3. The number of aromatic hydroxyl groups is 1. The molecule has 0 aliphatic heterocycles. The van der Waals surface area contributed by atoms with E-state index in [9.17, 15) is 5.11 Å². The van der Waals surface area contributed by atoms with Crippen molar-refractivity contribution >= 4 is 88.4 Å². The highest BCUT2D eigenvalue weighted by Crippen LogP contribution is 2.54. The summed E-state index contributed by atoms with van der Waals surface area (Å²) in [5.74, 6) is 1.30. The lowest BCUT2D eigenvalue weighted by molar-refractivity contribution is 0.478. The van der Waals surface area contributed by atoms with Crippen molar-refractivity contribution in [3.05, 3.63) is 246 Å². The molecule has 84 heavy (non-hydrogen) atoms. The molecule has 13 rings (SSSR count). The summed E-state index contributed by atoms with van der Waals surface area (Å²) in [5.41, 5.74) is 21.7. The standard InChI is InChI=1S/C80H74N2O2/c1-11-52-23-17-27-56(43-52)81(72-37-21-33-61(78(72)83)55-26-19-25-54(45-55)60-31-15-13-29-58(60)48(3)4)74-46-70(50(7)8)63-40-42-69-75(47-71(51(9)10)64-39-41-68(74)76(63)77(64)69)82(57-28-18-24-53(12-2)44-57)73-38-22-36-67-66-35-20-34-65(79(66)84-80(67)73)62-32-16-14-30-59(62)49(5)6/h13-51,83H,11-12H2,1-10H3. The van der Waals surface area contributed by atoms with Gasteiger partial charge < -0.3 is 19.3 Å². The van der Waals surface area contributed by atoms with Crippen molar-refractivity contribution in [2.45, 2.75) is 106 Å². The van der Waals surface area contributed by atoms with E-state index >= 15 is 0 Å². The number of fused-ring (bicyclic) bond motifs is 3. The smallest absolute Gasteiger partial charge is 0.159 e. The fraction of sp³-hybridized carbons (Fsp3) is 0.200. The molecule has 416 valence electrons. The minimum absolute atomic E-state index is 0.175. The van der Waals surface area contributed by atoms with Crippen molar-refractivity contribution < 1.29 is 9.52 Å². The Labute approximate surface area is 495 Å². The Morgan fingerprint density at radius 2 is 0.762 bits per heavy atom. The Kier molecular flexibility index (Phi) is 14.1. The molecule has 0 amide bonds. The number of furan rings is 1. The third-order valence-electron chi connectivity index (χ3n) is 17.7. The molecule has 4 heteroatoms. The Morgan fingerprint density at radius 1 is 0.333 bits per heavy atom. The van der Waals surface area contributed by atoms with Crippen LogP contribution in [0.4, 0.5) is 34.1 Å². The van der Waals surface area contributed by atoms with Gasteiger partial charge in [0.2, 0.25) is 0 Å². The molecule has 0 fully saturated rings. The number of phenols is 1. The van der Waals surface area contributed by atoms with Crippen molar-refractivity contribution in [2.24, 2.45) is 0 Å². The Balaban J connectivity index is 1.08. The maximum absolute atomic E-state index is 13.1. The molecule has 0 saturated heterocycles. The second-order valence-electron chi connectivity index (χ2n) is 24.2. The maximum atomic E-state index is 13.1. The number of hydrogen-bond acceptors (Lipinski definition) is 4. The van der Waals surface area contributed by atoms with Gasteiger partial charge in [0.05, 0.1) is 22.7 Å². The highest BCUT2D eigenvalue weighted by Gasteiger charge is 2.29. The molecule has 0 aliphatic rings. The SMILES string of the molecule is CCc1cccc(N(c2cccc(-c3cccc(-c4ccccc4C(C)C)c3)c2O)c2cc(C(C)C)c3ccc4c(N(c5cccc(CC)c5)c5cccc6c5oc5c(-c7ccccc7C(C)C)cccc56)cc(C(C)C)c5ccc2c3c54)c1. The number of rotatable bonds is 15. The quantitative estimate of drug-likeness (QED) is 0.104. The van der Waals surface area contributed by atoms with Gasteiger partial charge in [-0.05, 0) is 168 Å². The molecule has 0 atom stereocenters. The number of phenolic OH excluding ortho intramolecular Hbond substituents is 1. The molecular formula is C80H74N2O2. The zero-order chi connectivity index (χ0) is 58.1. The zero-order valence-electron chi connectivity index (χ0n) is 50.2. The van der Waals surface area contributed by atoms with Crippen LogP contribution in [-0.2, 0) is 12.8 Å². The topological polar surface area (TPSA) is 39.9 Å². The first-order valence-electron chi connectivity index (χ1n) is 30.4. The molecule has 1 aromatic heterocycles. The lowest BCUT2D eigenvalue weighted by Gasteiger charge is -2.32. The normalized spacial score (nSPS) is 12.0. The summed E-state index contributed by atoms with van der Waals surface area (Å²) in [6, 6.07) is 78.0. The minimum Gasteiger partial charge on any atom is -0.505 e. The monoisotopic (exact) mass is 1090 g/mol. The molecule has 0 unspecified atom stereocenters. The molecule has 13 aromatic rings. The van der Waals surface area contributed by atoms with E-state index in [0.717, 1.165) is 102 Å². The van der Waals surface area contributed by atoms with Crippen molar-refractivity contribution in [3.63, 3.8) is 0 Å². The predicted octanol–water partition coefficient (Wildman–Crippen LogP) is 23.7. The first-order valence-corrected chi connectivity index (χ1v) is 30.4. The Hall–Kier alpha value is -9.12. The van der Waals surface area contributed by atoms with E-state index in [1.165, 1.54) is 66.1 Å². The van der Waals surface area contributed by atoms with Gasteiger partial charge in [-0.2, -0.15) is 0 Å². The average molecular weight is 1100 g/mol. The van der Waals surface area contributed by atoms with E-state index in [4.69, 9.17) is 4.42 Å². The van der Waals surface area contributed by atoms with E-state index in [1.54, 1.807) is 0 Å². The summed E-state index contributed by atoms with van der Waals surface area (Å²) in [7, 11) is 0. The summed E-state index contributed by atoms with van der Waals surface area (Å²) in [6.45, 7) is 22.8. The summed E-state index contributed by atoms with van der Waals surface area (Å²) in [5, 5.41) is 22.5. The summed E-state index contributed by atoms with van der Waals surface area (Å²) < 4.78 is 7.39. The Bertz CT molecular complexity index is 4630. The second-order valence-corrected chi connectivity index (χ2v) is 24.2. The fourth-order valence-corrected chi connectivity index (χ4v) is 13.5. The molecular weight excluding hydrogens is 1020 g/mol. The van der Waals surface area contributed by atoms with Crippen LogP contribution in [-0.4, -0.2) is 5.11 Å². The molecule has 0 radical (unpaired) electrons.